The molecule has 8 heteroatoms. The van der Waals surface area contributed by atoms with Crippen molar-refractivity contribution < 1.29 is 22.4 Å². The fourth-order valence-electron chi connectivity index (χ4n) is 2.56. The van der Waals surface area contributed by atoms with Gasteiger partial charge in [0.25, 0.3) is 0 Å². The molecule has 1 aliphatic heterocycles. The maximum absolute atomic E-state index is 12.2. The summed E-state index contributed by atoms with van der Waals surface area (Å²) in [5, 5.41) is 2.60. The largest absolute Gasteiger partial charge is 0.467 e. The number of sulfone groups is 1. The summed E-state index contributed by atoms with van der Waals surface area (Å²) in [4.78, 5) is 25.5. The monoisotopic (exact) mass is 328 g/mol. The second kappa shape index (κ2) is 6.95. The molecule has 2 rings (SSSR count). The van der Waals surface area contributed by atoms with Gasteiger partial charge in [-0.05, 0) is 25.5 Å². The first-order valence-corrected chi connectivity index (χ1v) is 9.02. The Balaban J connectivity index is 1.85. The van der Waals surface area contributed by atoms with Crippen molar-refractivity contribution in [1.82, 2.24) is 10.2 Å². The molecule has 0 aliphatic carbocycles. The van der Waals surface area contributed by atoms with Crippen LogP contribution < -0.4 is 5.32 Å². The number of rotatable bonds is 6. The van der Waals surface area contributed by atoms with Gasteiger partial charge in [-0.3, -0.25) is 9.59 Å². The Morgan fingerprint density at radius 3 is 2.77 bits per heavy atom. The Bertz CT molecular complexity index is 624. The van der Waals surface area contributed by atoms with Crippen LogP contribution in [-0.2, 0) is 26.0 Å². The SMILES string of the molecule is CCN(C(=O)CC(=O)NCc1ccco1)C1CCS(=O)(=O)C1. The van der Waals surface area contributed by atoms with Gasteiger partial charge in [0.05, 0.1) is 24.3 Å². The molecular weight excluding hydrogens is 308 g/mol. The highest BCUT2D eigenvalue weighted by molar-refractivity contribution is 7.91. The molecule has 0 saturated carbocycles. The van der Waals surface area contributed by atoms with Crippen LogP contribution in [0.1, 0.15) is 25.5 Å². The van der Waals surface area contributed by atoms with Gasteiger partial charge in [-0.15, -0.1) is 0 Å². The molecule has 22 heavy (non-hydrogen) atoms. The van der Waals surface area contributed by atoms with Crippen molar-refractivity contribution in [3.05, 3.63) is 24.2 Å². The first-order chi connectivity index (χ1) is 10.4. The molecule has 0 spiro atoms. The van der Waals surface area contributed by atoms with E-state index in [0.29, 0.717) is 18.7 Å². The summed E-state index contributed by atoms with van der Waals surface area (Å²) in [5.41, 5.74) is 0. The number of nitrogens with zero attached hydrogens (tertiary/aromatic N) is 1. The number of nitrogens with one attached hydrogen (secondary N) is 1. The number of carbonyl (C=O) groups excluding carboxylic acids is 2. The molecule has 1 aromatic heterocycles. The van der Waals surface area contributed by atoms with Crippen LogP contribution in [0.25, 0.3) is 0 Å². The highest BCUT2D eigenvalue weighted by Crippen LogP contribution is 2.18. The van der Waals surface area contributed by atoms with Crippen molar-refractivity contribution in [3.8, 4) is 0 Å². The summed E-state index contributed by atoms with van der Waals surface area (Å²) in [7, 11) is -3.06. The molecule has 2 heterocycles. The predicted molar refractivity (Wildman–Crippen MR) is 79.6 cm³/mol. The molecule has 1 atom stereocenters. The number of hydrogen-bond acceptors (Lipinski definition) is 5. The Morgan fingerprint density at radius 2 is 2.23 bits per heavy atom. The van der Waals surface area contributed by atoms with Crippen LogP contribution >= 0.6 is 0 Å². The Morgan fingerprint density at radius 1 is 1.45 bits per heavy atom. The van der Waals surface area contributed by atoms with Crippen molar-refractivity contribution in [2.45, 2.75) is 32.4 Å². The summed E-state index contributed by atoms with van der Waals surface area (Å²) in [5.74, 6) is -0.0514. The normalized spacial score (nSPS) is 19.8. The van der Waals surface area contributed by atoms with Crippen molar-refractivity contribution in [3.63, 3.8) is 0 Å². The number of furan rings is 1. The van der Waals surface area contributed by atoms with E-state index < -0.39 is 15.7 Å². The zero-order valence-corrected chi connectivity index (χ0v) is 13.3. The highest BCUT2D eigenvalue weighted by atomic mass is 32.2. The lowest BCUT2D eigenvalue weighted by molar-refractivity contribution is -0.137. The molecule has 1 saturated heterocycles. The minimum absolute atomic E-state index is 0.0133. The van der Waals surface area contributed by atoms with Gasteiger partial charge in [0, 0.05) is 12.6 Å². The lowest BCUT2D eigenvalue weighted by atomic mass is 10.2. The first kappa shape index (κ1) is 16.5. The molecule has 1 aliphatic rings. The second-order valence-corrected chi connectivity index (χ2v) is 7.50. The van der Waals surface area contributed by atoms with E-state index in [2.05, 4.69) is 5.32 Å². The van der Waals surface area contributed by atoms with Gasteiger partial charge in [-0.2, -0.15) is 0 Å². The number of hydrogen-bond donors (Lipinski definition) is 1. The van der Waals surface area contributed by atoms with Crippen molar-refractivity contribution in [2.75, 3.05) is 18.1 Å². The van der Waals surface area contributed by atoms with Crippen LogP contribution in [0.4, 0.5) is 0 Å². The highest BCUT2D eigenvalue weighted by Gasteiger charge is 2.34. The first-order valence-electron chi connectivity index (χ1n) is 7.20. The maximum Gasteiger partial charge on any atom is 0.232 e. The molecule has 1 aromatic rings. The summed E-state index contributed by atoms with van der Waals surface area (Å²) < 4.78 is 28.1. The molecular formula is C14H20N2O5S. The van der Waals surface area contributed by atoms with Crippen LogP contribution in [-0.4, -0.2) is 49.2 Å². The van der Waals surface area contributed by atoms with Crippen LogP contribution in [0.5, 0.6) is 0 Å². The smallest absolute Gasteiger partial charge is 0.232 e. The molecule has 1 N–H and O–H groups in total. The Kier molecular flexibility index (Phi) is 5.23. The van der Waals surface area contributed by atoms with Crippen LogP contribution in [0, 0.1) is 0 Å². The van der Waals surface area contributed by atoms with Gasteiger partial charge >= 0.3 is 0 Å². The van der Waals surface area contributed by atoms with Gasteiger partial charge in [0.1, 0.15) is 12.2 Å². The van der Waals surface area contributed by atoms with E-state index in [0.717, 1.165) is 0 Å². The van der Waals surface area contributed by atoms with E-state index >= 15 is 0 Å². The molecule has 0 radical (unpaired) electrons. The van der Waals surface area contributed by atoms with Crippen molar-refractivity contribution >= 4 is 21.7 Å². The minimum Gasteiger partial charge on any atom is -0.467 e. The number of carbonyl (C=O) groups is 2. The third-order valence-electron chi connectivity index (χ3n) is 3.66. The third-order valence-corrected chi connectivity index (χ3v) is 5.41. The van der Waals surface area contributed by atoms with Gasteiger partial charge < -0.3 is 14.6 Å². The van der Waals surface area contributed by atoms with Crippen molar-refractivity contribution in [1.29, 1.82) is 0 Å². The number of amides is 2. The van der Waals surface area contributed by atoms with Crippen LogP contribution in [0.3, 0.4) is 0 Å². The molecule has 0 bridgehead atoms. The van der Waals surface area contributed by atoms with Gasteiger partial charge in [0.15, 0.2) is 9.84 Å². The zero-order chi connectivity index (χ0) is 16.2. The third kappa shape index (κ3) is 4.33. The fourth-order valence-corrected chi connectivity index (χ4v) is 4.29. The van der Waals surface area contributed by atoms with E-state index in [4.69, 9.17) is 4.42 Å². The van der Waals surface area contributed by atoms with Crippen molar-refractivity contribution in [2.24, 2.45) is 0 Å². The average Bonchev–Trinajstić information content (AvgIpc) is 3.07. The molecule has 122 valence electrons. The standard InChI is InChI=1S/C14H20N2O5S/c1-2-16(11-5-7-22(19,20)10-11)14(18)8-13(17)15-9-12-4-3-6-21-12/h3-4,6,11H,2,5,7-10H2,1H3,(H,15,17). The Hall–Kier alpha value is -1.83. The van der Waals surface area contributed by atoms with E-state index in [9.17, 15) is 18.0 Å². The lowest BCUT2D eigenvalue weighted by Gasteiger charge is -2.26. The predicted octanol–water partition coefficient (Wildman–Crippen LogP) is 0.321. The summed E-state index contributed by atoms with van der Waals surface area (Å²) in [6.07, 6.45) is 1.66. The molecule has 0 aromatic carbocycles. The van der Waals surface area contributed by atoms with E-state index in [-0.39, 0.29) is 36.4 Å². The van der Waals surface area contributed by atoms with Crippen LogP contribution in [0.2, 0.25) is 0 Å². The summed E-state index contributed by atoms with van der Waals surface area (Å²) in [6, 6.07) is 3.12. The minimum atomic E-state index is -3.06. The van der Waals surface area contributed by atoms with Gasteiger partial charge in [0.2, 0.25) is 11.8 Å². The van der Waals surface area contributed by atoms with E-state index in [1.165, 1.54) is 11.2 Å². The maximum atomic E-state index is 12.2. The summed E-state index contributed by atoms with van der Waals surface area (Å²) in [6.45, 7) is 2.40. The summed E-state index contributed by atoms with van der Waals surface area (Å²) >= 11 is 0. The lowest BCUT2D eigenvalue weighted by Crippen LogP contribution is -2.43. The Labute approximate surface area is 129 Å². The molecule has 1 unspecified atom stereocenters. The molecule has 2 amide bonds. The second-order valence-electron chi connectivity index (χ2n) is 5.27. The fraction of sp³-hybridized carbons (Fsp3) is 0.571. The van der Waals surface area contributed by atoms with E-state index in [1.807, 2.05) is 0 Å². The molecule has 1 fully saturated rings. The quantitative estimate of drug-likeness (QED) is 0.759. The van der Waals surface area contributed by atoms with Crippen LogP contribution in [0.15, 0.2) is 22.8 Å². The van der Waals surface area contributed by atoms with Gasteiger partial charge in [-0.1, -0.05) is 0 Å². The van der Waals surface area contributed by atoms with E-state index in [1.54, 1.807) is 19.1 Å². The average molecular weight is 328 g/mol. The zero-order valence-electron chi connectivity index (χ0n) is 12.4. The van der Waals surface area contributed by atoms with Gasteiger partial charge in [-0.25, -0.2) is 8.42 Å². The topological polar surface area (TPSA) is 96.7 Å². The molecule has 7 nitrogen and oxygen atoms in total.